The molecule has 2 heterocycles. The lowest BCUT2D eigenvalue weighted by atomic mass is 10.3. The van der Waals surface area contributed by atoms with Gasteiger partial charge < -0.3 is 15.0 Å². The van der Waals surface area contributed by atoms with Crippen LogP contribution in [0.15, 0.2) is 12.1 Å². The first-order chi connectivity index (χ1) is 10.6. The number of amides is 2. The fourth-order valence-corrected chi connectivity index (χ4v) is 3.59. The summed E-state index contributed by atoms with van der Waals surface area (Å²) in [6, 6.07) is 3.82. The fourth-order valence-electron chi connectivity index (χ4n) is 2.53. The Labute approximate surface area is 141 Å². The highest BCUT2D eigenvalue weighted by atomic mass is 35.5. The van der Waals surface area contributed by atoms with Gasteiger partial charge >= 0.3 is 6.03 Å². The molecule has 1 aromatic heterocycles. The van der Waals surface area contributed by atoms with Crippen LogP contribution in [0, 0.1) is 0 Å². The second kappa shape index (κ2) is 8.72. The van der Waals surface area contributed by atoms with E-state index in [0.717, 1.165) is 55.0 Å². The van der Waals surface area contributed by atoms with Crippen LogP contribution in [-0.2, 0) is 4.74 Å². The van der Waals surface area contributed by atoms with Crippen LogP contribution in [-0.4, -0.2) is 62.3 Å². The predicted octanol–water partition coefficient (Wildman–Crippen LogP) is 2.83. The second-order valence-corrected chi connectivity index (χ2v) is 7.23. The molecular formula is C15H24ClN3O2S. The number of nitrogens with one attached hydrogen (secondary N) is 1. The number of methoxy groups -OCH3 is 1. The molecule has 1 fully saturated rings. The Hall–Kier alpha value is -0.820. The van der Waals surface area contributed by atoms with E-state index in [1.54, 1.807) is 7.11 Å². The molecule has 7 heteroatoms. The number of thiophene rings is 1. The third kappa shape index (κ3) is 5.12. The van der Waals surface area contributed by atoms with E-state index in [0.29, 0.717) is 0 Å². The average molecular weight is 346 g/mol. The van der Waals surface area contributed by atoms with Crippen LogP contribution >= 0.6 is 22.9 Å². The number of hydrogen-bond acceptors (Lipinski definition) is 4. The Kier molecular flexibility index (Phi) is 6.95. The van der Waals surface area contributed by atoms with E-state index in [2.05, 4.69) is 10.2 Å². The zero-order valence-corrected chi connectivity index (χ0v) is 14.8. The molecule has 5 nitrogen and oxygen atoms in total. The average Bonchev–Trinajstić information content (AvgIpc) is 2.80. The molecule has 22 heavy (non-hydrogen) atoms. The van der Waals surface area contributed by atoms with Crippen molar-refractivity contribution < 1.29 is 9.53 Å². The lowest BCUT2D eigenvalue weighted by molar-refractivity contribution is 0.149. The minimum atomic E-state index is -0.0159. The van der Waals surface area contributed by atoms with Crippen molar-refractivity contribution in [3.8, 4) is 0 Å². The van der Waals surface area contributed by atoms with Crippen molar-refractivity contribution in [2.45, 2.75) is 19.4 Å². The lowest BCUT2D eigenvalue weighted by Gasteiger charge is -2.24. The molecule has 0 saturated carbocycles. The van der Waals surface area contributed by atoms with Gasteiger partial charge in [0.15, 0.2) is 0 Å². The highest BCUT2D eigenvalue weighted by Crippen LogP contribution is 2.26. The Balaban J connectivity index is 1.82. The minimum Gasteiger partial charge on any atom is -0.383 e. The number of ether oxygens (including phenoxy) is 1. The maximum atomic E-state index is 12.4. The minimum absolute atomic E-state index is 0.00520. The molecular weight excluding hydrogens is 322 g/mol. The van der Waals surface area contributed by atoms with Gasteiger partial charge in [0.2, 0.25) is 0 Å². The van der Waals surface area contributed by atoms with E-state index in [1.807, 2.05) is 24.0 Å². The molecule has 0 spiro atoms. The van der Waals surface area contributed by atoms with Crippen molar-refractivity contribution in [1.29, 1.82) is 0 Å². The largest absolute Gasteiger partial charge is 0.383 e. The summed E-state index contributed by atoms with van der Waals surface area (Å²) in [5.74, 6) is 0. The molecule has 0 bridgehead atoms. The van der Waals surface area contributed by atoms with Crippen LogP contribution in [0.4, 0.5) is 4.79 Å². The third-order valence-corrected chi connectivity index (χ3v) is 5.26. The van der Waals surface area contributed by atoms with E-state index in [9.17, 15) is 4.79 Å². The smallest absolute Gasteiger partial charge is 0.317 e. The van der Waals surface area contributed by atoms with Gasteiger partial charge in [-0.1, -0.05) is 11.6 Å². The molecule has 1 saturated heterocycles. The van der Waals surface area contributed by atoms with Gasteiger partial charge in [-0.3, -0.25) is 4.90 Å². The van der Waals surface area contributed by atoms with E-state index < -0.39 is 0 Å². The summed E-state index contributed by atoms with van der Waals surface area (Å²) >= 11 is 7.46. The molecule has 124 valence electrons. The summed E-state index contributed by atoms with van der Waals surface area (Å²) in [5.41, 5.74) is 0. The first kappa shape index (κ1) is 17.5. The van der Waals surface area contributed by atoms with Crippen LogP contribution in [0.1, 0.15) is 24.3 Å². The first-order valence-corrected chi connectivity index (χ1v) is 8.81. The molecule has 0 unspecified atom stereocenters. The van der Waals surface area contributed by atoms with Gasteiger partial charge in [0.25, 0.3) is 0 Å². The topological polar surface area (TPSA) is 44.8 Å². The van der Waals surface area contributed by atoms with Gasteiger partial charge in [0.05, 0.1) is 17.0 Å². The van der Waals surface area contributed by atoms with E-state index in [-0.39, 0.29) is 12.1 Å². The summed E-state index contributed by atoms with van der Waals surface area (Å²) < 4.78 is 5.87. The molecule has 1 aromatic rings. The maximum absolute atomic E-state index is 12.4. The fraction of sp³-hybridized carbons (Fsp3) is 0.667. The SMILES string of the molecule is COCCN1CCCN(C(=O)N[C@H](C)c2ccc(Cl)s2)CC1. The summed E-state index contributed by atoms with van der Waals surface area (Å²) in [6.07, 6.45) is 0.996. The number of hydrogen-bond donors (Lipinski definition) is 1. The summed E-state index contributed by atoms with van der Waals surface area (Å²) in [7, 11) is 1.72. The molecule has 1 N–H and O–H groups in total. The van der Waals surface area contributed by atoms with Crippen LogP contribution in [0.2, 0.25) is 4.34 Å². The van der Waals surface area contributed by atoms with Crippen molar-refractivity contribution in [2.24, 2.45) is 0 Å². The first-order valence-electron chi connectivity index (χ1n) is 7.62. The zero-order valence-electron chi connectivity index (χ0n) is 13.2. The highest BCUT2D eigenvalue weighted by Gasteiger charge is 2.20. The van der Waals surface area contributed by atoms with Gasteiger partial charge in [0.1, 0.15) is 0 Å². The predicted molar refractivity (Wildman–Crippen MR) is 90.8 cm³/mol. The van der Waals surface area contributed by atoms with Crippen LogP contribution < -0.4 is 5.32 Å². The van der Waals surface area contributed by atoms with Crippen LogP contribution in [0.3, 0.4) is 0 Å². The summed E-state index contributed by atoms with van der Waals surface area (Å²) in [4.78, 5) is 17.7. The standard InChI is InChI=1S/C15H24ClN3O2S/c1-12(13-4-5-14(16)22-13)17-15(20)19-7-3-6-18(8-9-19)10-11-21-2/h4-5,12H,3,6-11H2,1-2H3,(H,17,20)/t12-/m1/s1. The number of nitrogens with zero attached hydrogens (tertiary/aromatic N) is 2. The number of rotatable bonds is 5. The maximum Gasteiger partial charge on any atom is 0.317 e. The number of carbonyl (C=O) groups excluding carboxylic acids is 1. The zero-order chi connectivity index (χ0) is 15.9. The van der Waals surface area contributed by atoms with Crippen molar-refractivity contribution in [3.05, 3.63) is 21.3 Å². The van der Waals surface area contributed by atoms with Gasteiger partial charge in [-0.15, -0.1) is 11.3 Å². The van der Waals surface area contributed by atoms with E-state index in [1.165, 1.54) is 11.3 Å². The van der Waals surface area contributed by atoms with Gasteiger partial charge in [-0.25, -0.2) is 4.79 Å². The molecule has 1 aliphatic heterocycles. The Morgan fingerprint density at radius 2 is 2.23 bits per heavy atom. The number of carbonyl (C=O) groups is 1. The molecule has 0 aliphatic carbocycles. The third-order valence-electron chi connectivity index (χ3n) is 3.85. The van der Waals surface area contributed by atoms with E-state index >= 15 is 0 Å². The summed E-state index contributed by atoms with van der Waals surface area (Å²) in [5, 5.41) is 3.06. The normalized spacial score (nSPS) is 18.0. The Morgan fingerprint density at radius 3 is 2.91 bits per heavy atom. The highest BCUT2D eigenvalue weighted by molar-refractivity contribution is 7.16. The number of halogens is 1. The Morgan fingerprint density at radius 1 is 1.41 bits per heavy atom. The van der Waals surface area contributed by atoms with Gasteiger partial charge in [0, 0.05) is 38.2 Å². The number of urea groups is 1. The Bertz CT molecular complexity index is 483. The molecule has 1 atom stereocenters. The monoisotopic (exact) mass is 345 g/mol. The second-order valence-electron chi connectivity index (χ2n) is 5.49. The van der Waals surface area contributed by atoms with Crippen molar-refractivity contribution in [3.63, 3.8) is 0 Å². The molecule has 2 amide bonds. The van der Waals surface area contributed by atoms with Gasteiger partial charge in [-0.2, -0.15) is 0 Å². The van der Waals surface area contributed by atoms with Crippen molar-refractivity contribution >= 4 is 29.0 Å². The lowest BCUT2D eigenvalue weighted by Crippen LogP contribution is -2.43. The van der Waals surface area contributed by atoms with Gasteiger partial charge in [-0.05, 0) is 32.0 Å². The van der Waals surface area contributed by atoms with E-state index in [4.69, 9.17) is 16.3 Å². The molecule has 0 aromatic carbocycles. The quantitative estimate of drug-likeness (QED) is 0.892. The van der Waals surface area contributed by atoms with Crippen LogP contribution in [0.5, 0.6) is 0 Å². The van der Waals surface area contributed by atoms with Crippen molar-refractivity contribution in [1.82, 2.24) is 15.1 Å². The molecule has 2 rings (SSSR count). The molecule has 0 radical (unpaired) electrons. The van der Waals surface area contributed by atoms with Crippen LogP contribution in [0.25, 0.3) is 0 Å². The van der Waals surface area contributed by atoms with Crippen molar-refractivity contribution in [2.75, 3.05) is 46.4 Å². The summed E-state index contributed by atoms with van der Waals surface area (Å²) in [6.45, 7) is 7.13. The molecule has 1 aliphatic rings.